The zero-order chi connectivity index (χ0) is 25.3. The third-order valence-corrected chi connectivity index (χ3v) is 7.33. The van der Waals surface area contributed by atoms with Gasteiger partial charge in [-0.15, -0.1) is 0 Å². The Labute approximate surface area is 205 Å². The molecule has 1 fully saturated rings. The highest BCUT2D eigenvalue weighted by atomic mass is 16.5. The number of nitrogens with one attached hydrogen (secondary N) is 1. The number of Topliss-reactive ketones (excluding diaryl/α,β-unsaturated/α-hetero) is 1. The SMILES string of the molecule is COC(=O)C1C(=O)C2=C(CC1C)NC(C)=C(C(=O)OC1CCCCC1)C2c1ccc(OC)c(O)c1. The topological polar surface area (TPSA) is 111 Å². The van der Waals surface area contributed by atoms with Crippen molar-refractivity contribution in [2.45, 2.75) is 64.4 Å². The molecule has 3 aliphatic rings. The Bertz CT molecular complexity index is 1100. The lowest BCUT2D eigenvalue weighted by molar-refractivity contribution is -0.151. The lowest BCUT2D eigenvalue weighted by atomic mass is 9.69. The van der Waals surface area contributed by atoms with Gasteiger partial charge in [0.15, 0.2) is 17.3 Å². The minimum Gasteiger partial charge on any atom is -0.504 e. The van der Waals surface area contributed by atoms with Gasteiger partial charge in [0, 0.05) is 22.9 Å². The number of rotatable bonds is 5. The number of hydrogen-bond acceptors (Lipinski definition) is 8. The zero-order valence-electron chi connectivity index (χ0n) is 20.7. The highest BCUT2D eigenvalue weighted by Crippen LogP contribution is 2.47. The number of hydrogen-bond donors (Lipinski definition) is 2. The molecule has 4 rings (SSSR count). The molecule has 0 radical (unpaired) electrons. The van der Waals surface area contributed by atoms with Crippen molar-refractivity contribution in [2.24, 2.45) is 11.8 Å². The maximum Gasteiger partial charge on any atom is 0.337 e. The number of aromatic hydroxyl groups is 1. The summed E-state index contributed by atoms with van der Waals surface area (Å²) in [6.07, 6.45) is 5.06. The van der Waals surface area contributed by atoms with Crippen molar-refractivity contribution in [3.05, 3.63) is 46.3 Å². The lowest BCUT2D eigenvalue weighted by Crippen LogP contribution is -2.43. The van der Waals surface area contributed by atoms with Crippen LogP contribution in [0, 0.1) is 11.8 Å². The van der Waals surface area contributed by atoms with E-state index in [9.17, 15) is 19.5 Å². The van der Waals surface area contributed by atoms with E-state index in [1.165, 1.54) is 20.3 Å². The summed E-state index contributed by atoms with van der Waals surface area (Å²) in [5.41, 5.74) is 2.46. The van der Waals surface area contributed by atoms with Crippen molar-refractivity contribution < 1.29 is 33.7 Å². The van der Waals surface area contributed by atoms with E-state index in [0.717, 1.165) is 32.1 Å². The molecule has 1 aromatic rings. The average molecular weight is 484 g/mol. The van der Waals surface area contributed by atoms with Crippen LogP contribution in [-0.2, 0) is 23.9 Å². The minimum absolute atomic E-state index is 0.107. The van der Waals surface area contributed by atoms with Gasteiger partial charge in [-0.2, -0.15) is 0 Å². The first kappa shape index (κ1) is 24.8. The summed E-state index contributed by atoms with van der Waals surface area (Å²) in [6.45, 7) is 3.63. The average Bonchev–Trinajstić information content (AvgIpc) is 2.83. The third kappa shape index (κ3) is 4.66. The van der Waals surface area contributed by atoms with Crippen LogP contribution < -0.4 is 10.1 Å². The normalized spacial score (nSPS) is 25.0. The van der Waals surface area contributed by atoms with Crippen LogP contribution in [0.25, 0.3) is 0 Å². The fraction of sp³-hybridized carbons (Fsp3) is 0.519. The molecule has 0 amide bonds. The smallest absolute Gasteiger partial charge is 0.337 e. The molecule has 3 atom stereocenters. The van der Waals surface area contributed by atoms with Crippen molar-refractivity contribution in [3.8, 4) is 11.5 Å². The molecule has 0 spiro atoms. The van der Waals surface area contributed by atoms with Crippen molar-refractivity contribution in [1.82, 2.24) is 5.32 Å². The van der Waals surface area contributed by atoms with Gasteiger partial charge >= 0.3 is 11.9 Å². The Morgan fingerprint density at radius 3 is 2.46 bits per heavy atom. The first-order valence-corrected chi connectivity index (χ1v) is 12.2. The summed E-state index contributed by atoms with van der Waals surface area (Å²) < 4.78 is 16.0. The van der Waals surface area contributed by atoms with Crippen LogP contribution in [0.1, 0.15) is 63.9 Å². The second-order valence-corrected chi connectivity index (χ2v) is 9.63. The molecule has 0 saturated heterocycles. The van der Waals surface area contributed by atoms with Gasteiger partial charge in [-0.25, -0.2) is 4.79 Å². The predicted molar refractivity (Wildman–Crippen MR) is 128 cm³/mol. The second kappa shape index (κ2) is 10.1. The number of benzene rings is 1. The summed E-state index contributed by atoms with van der Waals surface area (Å²) in [5.74, 6) is -3.33. The molecule has 3 unspecified atom stereocenters. The van der Waals surface area contributed by atoms with Gasteiger partial charge in [-0.05, 0) is 62.6 Å². The van der Waals surface area contributed by atoms with E-state index in [2.05, 4.69) is 5.32 Å². The van der Waals surface area contributed by atoms with Crippen LogP contribution in [0.5, 0.6) is 11.5 Å². The molecule has 2 aliphatic carbocycles. The van der Waals surface area contributed by atoms with E-state index >= 15 is 0 Å². The molecule has 35 heavy (non-hydrogen) atoms. The number of carbonyl (C=O) groups excluding carboxylic acids is 3. The quantitative estimate of drug-likeness (QED) is 0.479. The maximum absolute atomic E-state index is 13.8. The number of carbonyl (C=O) groups is 3. The Morgan fingerprint density at radius 1 is 1.11 bits per heavy atom. The highest BCUT2D eigenvalue weighted by molar-refractivity contribution is 6.12. The highest BCUT2D eigenvalue weighted by Gasteiger charge is 2.47. The Balaban J connectivity index is 1.81. The largest absolute Gasteiger partial charge is 0.504 e. The van der Waals surface area contributed by atoms with E-state index in [4.69, 9.17) is 14.2 Å². The number of esters is 2. The number of allylic oxidation sites excluding steroid dienone is 3. The number of phenols is 1. The molecule has 188 valence electrons. The first-order valence-electron chi connectivity index (χ1n) is 12.2. The molecule has 0 bridgehead atoms. The molecular weight excluding hydrogens is 450 g/mol. The Kier molecular flexibility index (Phi) is 7.19. The summed E-state index contributed by atoms with van der Waals surface area (Å²) in [4.78, 5) is 39.9. The standard InChI is InChI=1S/C27H33NO7/c1-14-12-18-24(25(30)21(14)26(31)34-4)23(16-10-11-20(33-3)19(29)13-16)22(15(2)28-18)27(32)35-17-8-6-5-7-9-17/h10-11,13-14,17,21,23,28-29H,5-9,12H2,1-4H3. The molecule has 1 heterocycles. The van der Waals surface area contributed by atoms with E-state index in [0.29, 0.717) is 34.5 Å². The van der Waals surface area contributed by atoms with Crippen LogP contribution in [0.2, 0.25) is 0 Å². The van der Waals surface area contributed by atoms with E-state index in [-0.39, 0.29) is 29.3 Å². The van der Waals surface area contributed by atoms with Crippen LogP contribution in [0.15, 0.2) is 40.7 Å². The van der Waals surface area contributed by atoms with Crippen LogP contribution in [0.3, 0.4) is 0 Å². The van der Waals surface area contributed by atoms with Gasteiger partial charge in [-0.3, -0.25) is 9.59 Å². The molecule has 1 saturated carbocycles. The number of dihydropyridines is 1. The summed E-state index contributed by atoms with van der Waals surface area (Å²) in [5, 5.41) is 13.8. The Hall–Kier alpha value is -3.29. The van der Waals surface area contributed by atoms with Crippen molar-refractivity contribution in [3.63, 3.8) is 0 Å². The molecular formula is C27H33NO7. The second-order valence-electron chi connectivity index (χ2n) is 9.63. The van der Waals surface area contributed by atoms with Gasteiger partial charge in [-0.1, -0.05) is 19.4 Å². The molecule has 8 nitrogen and oxygen atoms in total. The monoisotopic (exact) mass is 483 g/mol. The van der Waals surface area contributed by atoms with Gasteiger partial charge in [0.05, 0.1) is 19.8 Å². The van der Waals surface area contributed by atoms with Crippen molar-refractivity contribution >= 4 is 17.7 Å². The number of ketones is 1. The fourth-order valence-electron chi connectivity index (χ4n) is 5.57. The molecule has 2 N–H and O–H groups in total. The summed E-state index contributed by atoms with van der Waals surface area (Å²) >= 11 is 0. The van der Waals surface area contributed by atoms with Crippen molar-refractivity contribution in [2.75, 3.05) is 14.2 Å². The number of ether oxygens (including phenoxy) is 3. The van der Waals surface area contributed by atoms with Crippen LogP contribution in [0.4, 0.5) is 0 Å². The zero-order valence-corrected chi connectivity index (χ0v) is 20.7. The van der Waals surface area contributed by atoms with Crippen molar-refractivity contribution in [1.29, 1.82) is 0 Å². The predicted octanol–water partition coefficient (Wildman–Crippen LogP) is 3.89. The fourth-order valence-corrected chi connectivity index (χ4v) is 5.57. The van der Waals surface area contributed by atoms with E-state index in [1.54, 1.807) is 19.1 Å². The first-order chi connectivity index (χ1) is 16.8. The maximum atomic E-state index is 13.8. The van der Waals surface area contributed by atoms with Gasteiger partial charge in [0.25, 0.3) is 0 Å². The van der Waals surface area contributed by atoms with Gasteiger partial charge in [0.2, 0.25) is 0 Å². The molecule has 0 aromatic heterocycles. The lowest BCUT2D eigenvalue weighted by Gasteiger charge is -2.38. The van der Waals surface area contributed by atoms with Crippen LogP contribution >= 0.6 is 0 Å². The van der Waals surface area contributed by atoms with Gasteiger partial charge < -0.3 is 24.6 Å². The van der Waals surface area contributed by atoms with E-state index < -0.39 is 23.8 Å². The molecule has 1 aliphatic heterocycles. The molecule has 8 heteroatoms. The van der Waals surface area contributed by atoms with Crippen LogP contribution in [-0.4, -0.2) is 43.2 Å². The van der Waals surface area contributed by atoms with Gasteiger partial charge in [0.1, 0.15) is 12.0 Å². The number of phenolic OH excluding ortho intramolecular Hbond substituents is 1. The Morgan fingerprint density at radius 2 is 1.83 bits per heavy atom. The minimum atomic E-state index is -0.969. The van der Waals surface area contributed by atoms with E-state index in [1.807, 2.05) is 6.92 Å². The molecule has 1 aromatic carbocycles. The summed E-state index contributed by atoms with van der Waals surface area (Å²) in [6, 6.07) is 4.82. The number of methoxy groups -OCH3 is 2. The third-order valence-electron chi connectivity index (χ3n) is 7.33. The summed E-state index contributed by atoms with van der Waals surface area (Å²) in [7, 11) is 2.71.